The highest BCUT2D eigenvalue weighted by atomic mass is 35.5. The molecule has 4 heteroatoms. The van der Waals surface area contributed by atoms with Gasteiger partial charge in [0.1, 0.15) is 11.5 Å². The minimum Gasteiger partial charge on any atom is -0.361 e. The summed E-state index contributed by atoms with van der Waals surface area (Å²) in [4.78, 5) is 0. The van der Waals surface area contributed by atoms with Crippen molar-refractivity contribution in [3.05, 3.63) is 41.2 Å². The van der Waals surface area contributed by atoms with Gasteiger partial charge >= 0.3 is 0 Å². The standard InChI is InChI=1S/C15H20N2O.ClH/c1-10-13(9-16)14(17-18-10)11-5-7-12(8-6-11)15(2,3)4;/h5-8H,9,16H2,1-4H3;1H. The molecular formula is C15H21ClN2O. The summed E-state index contributed by atoms with van der Waals surface area (Å²) in [7, 11) is 0. The molecule has 0 saturated heterocycles. The number of benzene rings is 1. The fourth-order valence-electron chi connectivity index (χ4n) is 1.99. The topological polar surface area (TPSA) is 52.0 Å². The predicted molar refractivity (Wildman–Crippen MR) is 80.5 cm³/mol. The van der Waals surface area contributed by atoms with Crippen molar-refractivity contribution in [1.82, 2.24) is 5.16 Å². The van der Waals surface area contributed by atoms with Crippen LogP contribution in [0.15, 0.2) is 28.8 Å². The summed E-state index contributed by atoms with van der Waals surface area (Å²) in [5.74, 6) is 0.799. The normalized spacial score (nSPS) is 11.2. The Morgan fingerprint density at radius 1 is 1.16 bits per heavy atom. The third-order valence-corrected chi connectivity index (χ3v) is 3.21. The number of hydrogen-bond acceptors (Lipinski definition) is 3. The summed E-state index contributed by atoms with van der Waals surface area (Å²) < 4.78 is 5.21. The first-order valence-electron chi connectivity index (χ1n) is 6.19. The highest BCUT2D eigenvalue weighted by molar-refractivity contribution is 5.85. The molecule has 0 bridgehead atoms. The predicted octanol–water partition coefficient (Wildman–Crippen LogP) is 3.83. The van der Waals surface area contributed by atoms with Gasteiger partial charge in [-0.3, -0.25) is 0 Å². The molecule has 1 heterocycles. The van der Waals surface area contributed by atoms with Gasteiger partial charge in [-0.05, 0) is 17.9 Å². The van der Waals surface area contributed by atoms with Gasteiger partial charge in [0.05, 0.1) is 0 Å². The second-order valence-corrected chi connectivity index (χ2v) is 5.60. The van der Waals surface area contributed by atoms with Crippen LogP contribution in [0, 0.1) is 6.92 Å². The van der Waals surface area contributed by atoms with Crippen LogP contribution in [0.2, 0.25) is 0 Å². The van der Waals surface area contributed by atoms with Crippen LogP contribution in [-0.2, 0) is 12.0 Å². The zero-order chi connectivity index (χ0) is 13.3. The average Bonchev–Trinajstić information content (AvgIpc) is 2.69. The molecule has 1 aromatic heterocycles. The molecule has 0 radical (unpaired) electrons. The Morgan fingerprint density at radius 3 is 2.21 bits per heavy atom. The molecule has 2 rings (SSSR count). The molecule has 0 spiro atoms. The van der Waals surface area contributed by atoms with E-state index in [-0.39, 0.29) is 17.8 Å². The Morgan fingerprint density at radius 2 is 1.74 bits per heavy atom. The minimum absolute atomic E-state index is 0. The Labute approximate surface area is 120 Å². The van der Waals surface area contributed by atoms with E-state index in [2.05, 4.69) is 50.2 Å². The van der Waals surface area contributed by atoms with Gasteiger partial charge in [0.25, 0.3) is 0 Å². The Hall–Kier alpha value is -1.32. The molecule has 2 aromatic rings. The van der Waals surface area contributed by atoms with Crippen molar-refractivity contribution in [3.8, 4) is 11.3 Å². The van der Waals surface area contributed by atoms with E-state index in [1.54, 1.807) is 0 Å². The van der Waals surface area contributed by atoms with Crippen LogP contribution < -0.4 is 5.73 Å². The third-order valence-electron chi connectivity index (χ3n) is 3.21. The lowest BCUT2D eigenvalue weighted by atomic mass is 9.86. The summed E-state index contributed by atoms with van der Waals surface area (Å²) in [6, 6.07) is 8.44. The molecule has 1 aromatic carbocycles. The molecule has 0 atom stereocenters. The van der Waals surface area contributed by atoms with Gasteiger partial charge in [-0.2, -0.15) is 0 Å². The molecule has 0 aliphatic carbocycles. The Kier molecular flexibility index (Phi) is 4.77. The van der Waals surface area contributed by atoms with Crippen molar-refractivity contribution in [2.24, 2.45) is 5.73 Å². The van der Waals surface area contributed by atoms with E-state index in [0.717, 1.165) is 22.6 Å². The molecule has 0 unspecified atom stereocenters. The number of nitrogens with two attached hydrogens (primary N) is 1. The maximum atomic E-state index is 5.73. The highest BCUT2D eigenvalue weighted by Gasteiger charge is 2.16. The van der Waals surface area contributed by atoms with Crippen LogP contribution in [0.25, 0.3) is 11.3 Å². The largest absolute Gasteiger partial charge is 0.361 e. The lowest BCUT2D eigenvalue weighted by Gasteiger charge is -2.18. The van der Waals surface area contributed by atoms with Gasteiger partial charge in [0.2, 0.25) is 0 Å². The first kappa shape index (κ1) is 15.7. The van der Waals surface area contributed by atoms with E-state index in [1.807, 2.05) is 6.92 Å². The molecule has 19 heavy (non-hydrogen) atoms. The van der Waals surface area contributed by atoms with E-state index in [4.69, 9.17) is 10.3 Å². The van der Waals surface area contributed by atoms with E-state index in [9.17, 15) is 0 Å². The molecule has 3 nitrogen and oxygen atoms in total. The van der Waals surface area contributed by atoms with Gasteiger partial charge < -0.3 is 10.3 Å². The first-order valence-corrected chi connectivity index (χ1v) is 6.19. The molecule has 0 amide bonds. The monoisotopic (exact) mass is 280 g/mol. The number of halogens is 1. The van der Waals surface area contributed by atoms with Crippen LogP contribution in [-0.4, -0.2) is 5.16 Å². The summed E-state index contributed by atoms with van der Waals surface area (Å²) >= 11 is 0. The molecular weight excluding hydrogens is 260 g/mol. The van der Waals surface area contributed by atoms with E-state index in [1.165, 1.54) is 5.56 Å². The lowest BCUT2D eigenvalue weighted by molar-refractivity contribution is 0.398. The fraction of sp³-hybridized carbons (Fsp3) is 0.400. The van der Waals surface area contributed by atoms with Crippen molar-refractivity contribution in [3.63, 3.8) is 0 Å². The summed E-state index contributed by atoms with van der Waals surface area (Å²) in [6.07, 6.45) is 0. The van der Waals surface area contributed by atoms with Crippen LogP contribution >= 0.6 is 12.4 Å². The lowest BCUT2D eigenvalue weighted by Crippen LogP contribution is -2.10. The molecule has 0 aliphatic heterocycles. The number of aryl methyl sites for hydroxylation is 1. The molecule has 0 fully saturated rings. The SMILES string of the molecule is Cc1onc(-c2ccc(C(C)(C)C)cc2)c1CN.Cl. The molecule has 2 N–H and O–H groups in total. The minimum atomic E-state index is 0. The number of aromatic nitrogens is 1. The zero-order valence-corrected chi connectivity index (χ0v) is 12.7. The van der Waals surface area contributed by atoms with E-state index < -0.39 is 0 Å². The second-order valence-electron chi connectivity index (χ2n) is 5.60. The zero-order valence-electron chi connectivity index (χ0n) is 11.9. The summed E-state index contributed by atoms with van der Waals surface area (Å²) in [5.41, 5.74) is 10.1. The second kappa shape index (κ2) is 5.76. The summed E-state index contributed by atoms with van der Waals surface area (Å²) in [6.45, 7) is 8.95. The van der Waals surface area contributed by atoms with E-state index in [0.29, 0.717) is 6.54 Å². The van der Waals surface area contributed by atoms with Crippen molar-refractivity contribution < 1.29 is 4.52 Å². The fourth-order valence-corrected chi connectivity index (χ4v) is 1.99. The van der Waals surface area contributed by atoms with Crippen molar-refractivity contribution in [2.45, 2.75) is 39.7 Å². The van der Waals surface area contributed by atoms with Crippen LogP contribution in [0.3, 0.4) is 0 Å². The van der Waals surface area contributed by atoms with Crippen molar-refractivity contribution in [2.75, 3.05) is 0 Å². The van der Waals surface area contributed by atoms with Gasteiger partial charge in [0, 0.05) is 17.7 Å². The van der Waals surface area contributed by atoms with Crippen molar-refractivity contribution in [1.29, 1.82) is 0 Å². The number of nitrogens with zero attached hydrogens (tertiary/aromatic N) is 1. The maximum Gasteiger partial charge on any atom is 0.138 e. The molecule has 0 aliphatic rings. The van der Waals surface area contributed by atoms with Gasteiger partial charge in [-0.15, -0.1) is 12.4 Å². The smallest absolute Gasteiger partial charge is 0.138 e. The number of rotatable bonds is 2. The van der Waals surface area contributed by atoms with Gasteiger partial charge in [-0.1, -0.05) is 50.2 Å². The first-order chi connectivity index (χ1) is 8.43. The molecule has 0 saturated carbocycles. The Balaban J connectivity index is 0.00000180. The Bertz CT molecular complexity index is 538. The van der Waals surface area contributed by atoms with Crippen LogP contribution in [0.5, 0.6) is 0 Å². The van der Waals surface area contributed by atoms with Crippen LogP contribution in [0.1, 0.15) is 37.7 Å². The average molecular weight is 281 g/mol. The highest BCUT2D eigenvalue weighted by Crippen LogP contribution is 2.28. The quantitative estimate of drug-likeness (QED) is 0.910. The number of hydrogen-bond donors (Lipinski definition) is 1. The third kappa shape index (κ3) is 3.17. The van der Waals surface area contributed by atoms with Gasteiger partial charge in [-0.25, -0.2) is 0 Å². The maximum absolute atomic E-state index is 5.73. The van der Waals surface area contributed by atoms with Crippen LogP contribution in [0.4, 0.5) is 0 Å². The van der Waals surface area contributed by atoms with Crippen molar-refractivity contribution >= 4 is 12.4 Å². The summed E-state index contributed by atoms with van der Waals surface area (Å²) in [5, 5.41) is 4.09. The van der Waals surface area contributed by atoms with E-state index >= 15 is 0 Å². The van der Waals surface area contributed by atoms with Gasteiger partial charge in [0.15, 0.2) is 0 Å². The molecule has 104 valence electrons.